The number of ether oxygens (including phenoxy) is 3. The Morgan fingerprint density at radius 3 is 2.25 bits per heavy atom. The molecule has 138 valence electrons. The summed E-state index contributed by atoms with van der Waals surface area (Å²) >= 11 is 0. The van der Waals surface area contributed by atoms with Crippen LogP contribution in [0.15, 0.2) is 23.2 Å². The Labute approximate surface area is 162 Å². The Morgan fingerprint density at radius 2 is 1.67 bits per heavy atom. The summed E-state index contributed by atoms with van der Waals surface area (Å²) in [4.78, 5) is 4.20. The molecule has 24 heavy (non-hydrogen) atoms. The summed E-state index contributed by atoms with van der Waals surface area (Å²) in [5, 5.41) is 6.57. The summed E-state index contributed by atoms with van der Waals surface area (Å²) in [6.07, 6.45) is 2.94. The molecule has 0 saturated heterocycles. The molecule has 0 fully saturated rings. The third kappa shape index (κ3) is 8.58. The maximum absolute atomic E-state index is 5.32. The number of hydrogen-bond acceptors (Lipinski definition) is 4. The van der Waals surface area contributed by atoms with E-state index in [1.54, 1.807) is 28.4 Å². The van der Waals surface area contributed by atoms with E-state index in [1.165, 1.54) is 5.56 Å². The monoisotopic (exact) mass is 451 g/mol. The second-order valence-electron chi connectivity index (χ2n) is 5.07. The minimum Gasteiger partial charge on any atom is -0.493 e. The van der Waals surface area contributed by atoms with Crippen molar-refractivity contribution in [1.29, 1.82) is 0 Å². The molecule has 0 saturated carbocycles. The van der Waals surface area contributed by atoms with Gasteiger partial charge in [-0.2, -0.15) is 0 Å². The van der Waals surface area contributed by atoms with Crippen LogP contribution < -0.4 is 20.1 Å². The van der Waals surface area contributed by atoms with E-state index >= 15 is 0 Å². The van der Waals surface area contributed by atoms with Gasteiger partial charge in [0.15, 0.2) is 17.5 Å². The van der Waals surface area contributed by atoms with Crippen LogP contribution in [0.25, 0.3) is 0 Å². The number of hydrogen-bond donors (Lipinski definition) is 2. The standard InChI is InChI=1S/C17H29N3O3.HI/c1-18-17(20-11-6-12-21-2)19-10-5-7-14-8-9-15(22-3)16(13-14)23-4;/h8-9,13H,5-7,10-12H2,1-4H3,(H2,18,19,20);1H. The molecule has 0 aromatic heterocycles. The highest BCUT2D eigenvalue weighted by molar-refractivity contribution is 14.0. The lowest BCUT2D eigenvalue weighted by Crippen LogP contribution is -2.38. The minimum absolute atomic E-state index is 0. The van der Waals surface area contributed by atoms with Crippen LogP contribution in [0.3, 0.4) is 0 Å². The average molecular weight is 451 g/mol. The Hall–Kier alpha value is -1.22. The summed E-state index contributed by atoms with van der Waals surface area (Å²) < 4.78 is 15.6. The predicted molar refractivity (Wildman–Crippen MR) is 109 cm³/mol. The second kappa shape index (κ2) is 14.2. The smallest absolute Gasteiger partial charge is 0.190 e. The van der Waals surface area contributed by atoms with Crippen molar-refractivity contribution in [2.45, 2.75) is 19.3 Å². The number of guanidine groups is 1. The molecular weight excluding hydrogens is 421 g/mol. The molecule has 0 atom stereocenters. The van der Waals surface area contributed by atoms with Crippen LogP contribution in [-0.4, -0.2) is 54.0 Å². The van der Waals surface area contributed by atoms with Crippen molar-refractivity contribution in [1.82, 2.24) is 10.6 Å². The summed E-state index contributed by atoms with van der Waals surface area (Å²) in [6, 6.07) is 6.04. The molecule has 1 aromatic rings. The fourth-order valence-electron chi connectivity index (χ4n) is 2.18. The van der Waals surface area contributed by atoms with Crippen LogP contribution in [-0.2, 0) is 11.2 Å². The number of nitrogens with one attached hydrogen (secondary N) is 2. The van der Waals surface area contributed by atoms with Crippen molar-refractivity contribution in [2.75, 3.05) is 48.1 Å². The van der Waals surface area contributed by atoms with Crippen LogP contribution in [0.1, 0.15) is 18.4 Å². The topological polar surface area (TPSA) is 64.1 Å². The number of aliphatic imine (C=N–C) groups is 1. The van der Waals surface area contributed by atoms with E-state index in [0.29, 0.717) is 0 Å². The molecule has 0 aliphatic rings. The van der Waals surface area contributed by atoms with E-state index in [9.17, 15) is 0 Å². The zero-order valence-corrected chi connectivity index (χ0v) is 17.4. The molecule has 2 N–H and O–H groups in total. The van der Waals surface area contributed by atoms with Crippen LogP contribution >= 0.6 is 24.0 Å². The van der Waals surface area contributed by atoms with E-state index in [-0.39, 0.29) is 24.0 Å². The zero-order valence-electron chi connectivity index (χ0n) is 15.1. The first-order chi connectivity index (χ1) is 11.2. The molecule has 7 heteroatoms. The number of methoxy groups -OCH3 is 3. The molecule has 0 spiro atoms. The van der Waals surface area contributed by atoms with Gasteiger partial charge < -0.3 is 24.8 Å². The van der Waals surface area contributed by atoms with Crippen molar-refractivity contribution < 1.29 is 14.2 Å². The van der Waals surface area contributed by atoms with Gasteiger partial charge in [-0.1, -0.05) is 6.07 Å². The number of halogens is 1. The van der Waals surface area contributed by atoms with Gasteiger partial charge in [-0.15, -0.1) is 24.0 Å². The molecule has 0 aliphatic heterocycles. The maximum Gasteiger partial charge on any atom is 0.190 e. The van der Waals surface area contributed by atoms with E-state index in [1.807, 2.05) is 12.1 Å². The van der Waals surface area contributed by atoms with Gasteiger partial charge in [0.1, 0.15) is 0 Å². The number of aryl methyl sites for hydroxylation is 1. The third-order valence-electron chi connectivity index (χ3n) is 3.42. The highest BCUT2D eigenvalue weighted by Gasteiger charge is 2.04. The molecule has 0 radical (unpaired) electrons. The van der Waals surface area contributed by atoms with E-state index in [2.05, 4.69) is 21.7 Å². The van der Waals surface area contributed by atoms with Gasteiger partial charge in [0.2, 0.25) is 0 Å². The first-order valence-electron chi connectivity index (χ1n) is 7.89. The number of rotatable bonds is 10. The molecule has 0 heterocycles. The Morgan fingerprint density at radius 1 is 1.00 bits per heavy atom. The van der Waals surface area contributed by atoms with Crippen molar-refractivity contribution in [3.8, 4) is 11.5 Å². The van der Waals surface area contributed by atoms with Crippen molar-refractivity contribution in [3.63, 3.8) is 0 Å². The lowest BCUT2D eigenvalue weighted by Gasteiger charge is -2.12. The van der Waals surface area contributed by atoms with Crippen LogP contribution in [0.2, 0.25) is 0 Å². The van der Waals surface area contributed by atoms with Crippen molar-refractivity contribution in [3.05, 3.63) is 23.8 Å². The first-order valence-corrected chi connectivity index (χ1v) is 7.89. The van der Waals surface area contributed by atoms with Gasteiger partial charge in [-0.05, 0) is 37.0 Å². The lowest BCUT2D eigenvalue weighted by molar-refractivity contribution is 0.195. The van der Waals surface area contributed by atoms with Crippen LogP contribution in [0.5, 0.6) is 11.5 Å². The number of nitrogens with zero attached hydrogens (tertiary/aromatic N) is 1. The Balaban J connectivity index is 0.00000529. The fourth-order valence-corrected chi connectivity index (χ4v) is 2.18. The second-order valence-corrected chi connectivity index (χ2v) is 5.07. The van der Waals surface area contributed by atoms with E-state index in [0.717, 1.165) is 56.4 Å². The summed E-state index contributed by atoms with van der Waals surface area (Å²) in [5.41, 5.74) is 1.23. The maximum atomic E-state index is 5.32. The van der Waals surface area contributed by atoms with Crippen LogP contribution in [0, 0.1) is 0 Å². The fraction of sp³-hybridized carbons (Fsp3) is 0.588. The molecule has 6 nitrogen and oxygen atoms in total. The third-order valence-corrected chi connectivity index (χ3v) is 3.42. The van der Waals surface area contributed by atoms with Gasteiger partial charge in [0.05, 0.1) is 14.2 Å². The van der Waals surface area contributed by atoms with Gasteiger partial charge >= 0.3 is 0 Å². The predicted octanol–water partition coefficient (Wildman–Crippen LogP) is 2.46. The van der Waals surface area contributed by atoms with Gasteiger partial charge in [0.25, 0.3) is 0 Å². The van der Waals surface area contributed by atoms with Crippen molar-refractivity contribution >= 4 is 29.9 Å². The van der Waals surface area contributed by atoms with Gasteiger partial charge in [-0.3, -0.25) is 4.99 Å². The molecule has 0 bridgehead atoms. The minimum atomic E-state index is 0. The Kier molecular flexibility index (Phi) is 13.4. The molecule has 0 aliphatic carbocycles. The lowest BCUT2D eigenvalue weighted by atomic mass is 10.1. The van der Waals surface area contributed by atoms with Gasteiger partial charge in [0, 0.05) is 33.9 Å². The molecule has 1 rings (SSSR count). The van der Waals surface area contributed by atoms with Gasteiger partial charge in [-0.25, -0.2) is 0 Å². The highest BCUT2D eigenvalue weighted by atomic mass is 127. The summed E-state index contributed by atoms with van der Waals surface area (Å²) in [7, 11) is 6.79. The van der Waals surface area contributed by atoms with E-state index in [4.69, 9.17) is 14.2 Å². The summed E-state index contributed by atoms with van der Waals surface area (Å²) in [5.74, 6) is 2.36. The zero-order chi connectivity index (χ0) is 16.9. The summed E-state index contributed by atoms with van der Waals surface area (Å²) in [6.45, 7) is 2.46. The van der Waals surface area contributed by atoms with Crippen LogP contribution in [0.4, 0.5) is 0 Å². The quantitative estimate of drug-likeness (QED) is 0.248. The highest BCUT2D eigenvalue weighted by Crippen LogP contribution is 2.27. The first kappa shape index (κ1) is 22.8. The van der Waals surface area contributed by atoms with Crippen molar-refractivity contribution in [2.24, 2.45) is 4.99 Å². The SMILES string of the molecule is CN=C(NCCCOC)NCCCc1ccc(OC)c(OC)c1.I. The average Bonchev–Trinajstić information content (AvgIpc) is 2.60. The molecule has 0 unspecified atom stereocenters. The largest absolute Gasteiger partial charge is 0.493 e. The molecule has 1 aromatic carbocycles. The normalized spacial score (nSPS) is 10.8. The molecular formula is C17H30IN3O3. The van der Waals surface area contributed by atoms with E-state index < -0.39 is 0 Å². The number of benzene rings is 1. The Bertz CT molecular complexity index is 484. The molecule has 0 amide bonds.